The molecular formula is C15H21N3O2. The molecule has 0 radical (unpaired) electrons. The Morgan fingerprint density at radius 1 is 1.20 bits per heavy atom. The van der Waals surface area contributed by atoms with Crippen molar-refractivity contribution in [1.82, 2.24) is 9.78 Å². The van der Waals surface area contributed by atoms with Crippen molar-refractivity contribution in [3.05, 3.63) is 36.2 Å². The van der Waals surface area contributed by atoms with E-state index in [2.05, 4.69) is 18.9 Å². The third-order valence-corrected chi connectivity index (χ3v) is 3.04. The van der Waals surface area contributed by atoms with Crippen molar-refractivity contribution in [1.29, 1.82) is 0 Å². The molecule has 5 nitrogen and oxygen atoms in total. The number of rotatable bonds is 5. The van der Waals surface area contributed by atoms with E-state index in [9.17, 15) is 0 Å². The average Bonchev–Trinajstić information content (AvgIpc) is 2.86. The summed E-state index contributed by atoms with van der Waals surface area (Å²) in [5.41, 5.74) is 6.87. The largest absolute Gasteiger partial charge is 0.496 e. The Hall–Kier alpha value is -2.01. The Balaban J connectivity index is 2.32. The topological polar surface area (TPSA) is 62.3 Å². The second-order valence-electron chi connectivity index (χ2n) is 5.01. The van der Waals surface area contributed by atoms with Crippen LogP contribution in [-0.2, 0) is 0 Å². The predicted octanol–water partition coefficient (Wildman–Crippen LogP) is 3.28. The van der Waals surface area contributed by atoms with E-state index >= 15 is 0 Å². The normalized spacial score (nSPS) is 12.5. The van der Waals surface area contributed by atoms with Crippen molar-refractivity contribution in [2.75, 3.05) is 7.11 Å². The average molecular weight is 275 g/mol. The molecule has 1 aromatic heterocycles. The maximum absolute atomic E-state index is 6.02. The van der Waals surface area contributed by atoms with Gasteiger partial charge in [0.15, 0.2) is 5.75 Å². The van der Waals surface area contributed by atoms with Crippen molar-refractivity contribution in [3.8, 4) is 17.2 Å². The first-order valence-electron chi connectivity index (χ1n) is 6.67. The van der Waals surface area contributed by atoms with E-state index in [1.165, 1.54) is 0 Å². The quantitative estimate of drug-likeness (QED) is 0.909. The molecule has 108 valence electrons. The van der Waals surface area contributed by atoms with Gasteiger partial charge in [-0.05, 0) is 32.9 Å². The first-order valence-corrected chi connectivity index (χ1v) is 6.67. The van der Waals surface area contributed by atoms with Crippen LogP contribution in [0.25, 0.3) is 0 Å². The molecular weight excluding hydrogens is 254 g/mol. The maximum atomic E-state index is 6.02. The molecule has 20 heavy (non-hydrogen) atoms. The Morgan fingerprint density at radius 2 is 1.90 bits per heavy atom. The van der Waals surface area contributed by atoms with Crippen LogP contribution in [0.4, 0.5) is 0 Å². The van der Waals surface area contributed by atoms with Gasteiger partial charge in [-0.15, -0.1) is 0 Å². The number of nitrogens with zero attached hydrogens (tertiary/aromatic N) is 2. The monoisotopic (exact) mass is 275 g/mol. The molecule has 1 aromatic carbocycles. The molecule has 0 saturated carbocycles. The van der Waals surface area contributed by atoms with Gasteiger partial charge in [0.1, 0.15) is 11.5 Å². The molecule has 5 heteroatoms. The Bertz CT molecular complexity index is 576. The first kappa shape index (κ1) is 14.4. The Morgan fingerprint density at radius 3 is 2.45 bits per heavy atom. The van der Waals surface area contributed by atoms with Gasteiger partial charge in [-0.1, -0.05) is 6.07 Å². The number of benzene rings is 1. The summed E-state index contributed by atoms with van der Waals surface area (Å²) in [4.78, 5) is 0. The van der Waals surface area contributed by atoms with Crippen molar-refractivity contribution < 1.29 is 9.47 Å². The highest BCUT2D eigenvalue weighted by Gasteiger charge is 2.15. The van der Waals surface area contributed by atoms with Crippen molar-refractivity contribution in [2.24, 2.45) is 5.73 Å². The molecule has 0 aliphatic heterocycles. The van der Waals surface area contributed by atoms with Crippen LogP contribution < -0.4 is 15.2 Å². The minimum Gasteiger partial charge on any atom is -0.496 e. The SMILES string of the molecule is COc1cccc(Oc2cnn(C(C)C)c2)c1[C@@H](C)N. The second-order valence-corrected chi connectivity index (χ2v) is 5.01. The zero-order chi connectivity index (χ0) is 14.7. The number of methoxy groups -OCH3 is 1. The van der Waals surface area contributed by atoms with Gasteiger partial charge < -0.3 is 15.2 Å². The molecule has 0 bridgehead atoms. The number of aromatic nitrogens is 2. The summed E-state index contributed by atoms with van der Waals surface area (Å²) in [5.74, 6) is 2.12. The lowest BCUT2D eigenvalue weighted by Gasteiger charge is -2.16. The molecule has 1 atom stereocenters. The summed E-state index contributed by atoms with van der Waals surface area (Å²) in [6.45, 7) is 6.04. The second kappa shape index (κ2) is 5.96. The van der Waals surface area contributed by atoms with Gasteiger partial charge in [0.25, 0.3) is 0 Å². The van der Waals surface area contributed by atoms with Crippen LogP contribution in [0.5, 0.6) is 17.2 Å². The summed E-state index contributed by atoms with van der Waals surface area (Å²) >= 11 is 0. The van der Waals surface area contributed by atoms with Gasteiger partial charge in [0.05, 0.1) is 25.1 Å². The number of hydrogen-bond donors (Lipinski definition) is 1. The van der Waals surface area contributed by atoms with Gasteiger partial charge >= 0.3 is 0 Å². The molecule has 0 aliphatic rings. The first-order chi connectivity index (χ1) is 9.52. The number of ether oxygens (including phenoxy) is 2. The molecule has 1 heterocycles. The standard InChI is InChI=1S/C15H21N3O2/c1-10(2)18-9-12(8-17-18)20-14-7-5-6-13(19-4)15(14)11(3)16/h5-11H,16H2,1-4H3/t11-/m1/s1. The zero-order valence-electron chi connectivity index (χ0n) is 12.3. The van der Waals surface area contributed by atoms with Crippen molar-refractivity contribution >= 4 is 0 Å². The third kappa shape index (κ3) is 2.93. The highest BCUT2D eigenvalue weighted by molar-refractivity contribution is 5.48. The fourth-order valence-corrected chi connectivity index (χ4v) is 2.02. The fourth-order valence-electron chi connectivity index (χ4n) is 2.02. The highest BCUT2D eigenvalue weighted by Crippen LogP contribution is 2.35. The molecule has 0 saturated heterocycles. The van der Waals surface area contributed by atoms with E-state index in [1.54, 1.807) is 13.3 Å². The van der Waals surface area contributed by atoms with E-state index < -0.39 is 0 Å². The molecule has 0 unspecified atom stereocenters. The van der Waals surface area contributed by atoms with E-state index in [-0.39, 0.29) is 6.04 Å². The van der Waals surface area contributed by atoms with E-state index in [1.807, 2.05) is 36.0 Å². The lowest BCUT2D eigenvalue weighted by atomic mass is 10.1. The summed E-state index contributed by atoms with van der Waals surface area (Å²) < 4.78 is 13.1. The minimum atomic E-state index is -0.179. The highest BCUT2D eigenvalue weighted by atomic mass is 16.5. The van der Waals surface area contributed by atoms with Crippen LogP contribution in [0.2, 0.25) is 0 Å². The molecule has 2 N–H and O–H groups in total. The molecule has 0 aliphatic carbocycles. The smallest absolute Gasteiger partial charge is 0.165 e. The summed E-state index contributed by atoms with van der Waals surface area (Å²) in [6.07, 6.45) is 3.57. The van der Waals surface area contributed by atoms with E-state index in [0.717, 1.165) is 11.3 Å². The summed E-state index contributed by atoms with van der Waals surface area (Å²) in [5, 5.41) is 4.26. The number of nitrogens with two attached hydrogens (primary N) is 1. The van der Waals surface area contributed by atoms with Gasteiger partial charge in [0.2, 0.25) is 0 Å². The molecule has 0 amide bonds. The van der Waals surface area contributed by atoms with Crippen LogP contribution in [0.3, 0.4) is 0 Å². The number of hydrogen-bond acceptors (Lipinski definition) is 4. The fraction of sp³-hybridized carbons (Fsp3) is 0.400. The van der Waals surface area contributed by atoms with Gasteiger partial charge in [0, 0.05) is 12.1 Å². The zero-order valence-corrected chi connectivity index (χ0v) is 12.3. The molecule has 0 spiro atoms. The van der Waals surface area contributed by atoms with Crippen LogP contribution in [0, 0.1) is 0 Å². The predicted molar refractivity (Wildman–Crippen MR) is 78.3 cm³/mol. The van der Waals surface area contributed by atoms with Gasteiger partial charge in [-0.2, -0.15) is 5.10 Å². The van der Waals surface area contributed by atoms with Crippen LogP contribution in [0.15, 0.2) is 30.6 Å². The molecule has 2 aromatic rings. The Labute approximate surface area is 119 Å². The summed E-state index contributed by atoms with van der Waals surface area (Å²) in [6, 6.07) is 5.76. The Kier molecular flexibility index (Phi) is 4.29. The van der Waals surface area contributed by atoms with Crippen LogP contribution in [-0.4, -0.2) is 16.9 Å². The lowest BCUT2D eigenvalue weighted by molar-refractivity contribution is 0.397. The minimum absolute atomic E-state index is 0.179. The van der Waals surface area contributed by atoms with E-state index in [0.29, 0.717) is 17.5 Å². The maximum Gasteiger partial charge on any atom is 0.165 e. The van der Waals surface area contributed by atoms with Crippen molar-refractivity contribution in [2.45, 2.75) is 32.9 Å². The molecule has 2 rings (SSSR count). The molecule has 0 fully saturated rings. The van der Waals surface area contributed by atoms with E-state index in [4.69, 9.17) is 15.2 Å². The lowest BCUT2D eigenvalue weighted by Crippen LogP contribution is -2.08. The van der Waals surface area contributed by atoms with Gasteiger partial charge in [-0.3, -0.25) is 4.68 Å². The summed E-state index contributed by atoms with van der Waals surface area (Å²) in [7, 11) is 1.63. The van der Waals surface area contributed by atoms with Crippen LogP contribution >= 0.6 is 0 Å². The van der Waals surface area contributed by atoms with Crippen LogP contribution in [0.1, 0.15) is 38.4 Å². The van der Waals surface area contributed by atoms with Gasteiger partial charge in [-0.25, -0.2) is 0 Å². The van der Waals surface area contributed by atoms with Crippen molar-refractivity contribution in [3.63, 3.8) is 0 Å². The third-order valence-electron chi connectivity index (χ3n) is 3.04.